The molecule has 0 N–H and O–H groups in total. The van der Waals surface area contributed by atoms with Gasteiger partial charge in [0.1, 0.15) is 33.8 Å². The maximum atomic E-state index is 6.17. The van der Waals surface area contributed by atoms with E-state index >= 15 is 0 Å². The van der Waals surface area contributed by atoms with Gasteiger partial charge in [0.2, 0.25) is 6.79 Å². The van der Waals surface area contributed by atoms with Crippen molar-refractivity contribution in [3.8, 4) is 44.9 Å². The number of hydrogen-bond donors (Lipinski definition) is 0. The van der Waals surface area contributed by atoms with Gasteiger partial charge in [-0.1, -0.05) is 60.7 Å². The molecular formula is C37H22O4. The molecule has 4 heteroatoms. The van der Waals surface area contributed by atoms with Crippen LogP contribution in [-0.4, -0.2) is 6.79 Å². The fourth-order valence-corrected chi connectivity index (χ4v) is 6.06. The second-order valence-corrected chi connectivity index (χ2v) is 10.4. The van der Waals surface area contributed by atoms with Crippen molar-refractivity contribution in [2.75, 3.05) is 6.79 Å². The highest BCUT2D eigenvalue weighted by Gasteiger charge is 2.19. The third kappa shape index (κ3) is 3.47. The molecule has 6 aromatic carbocycles. The van der Waals surface area contributed by atoms with Crippen molar-refractivity contribution in [1.29, 1.82) is 0 Å². The van der Waals surface area contributed by atoms with Gasteiger partial charge in [-0.15, -0.1) is 0 Å². The van der Waals surface area contributed by atoms with Crippen molar-refractivity contribution in [2.24, 2.45) is 0 Å². The highest BCUT2D eigenvalue weighted by molar-refractivity contribution is 6.07. The molecule has 1 aliphatic rings. The smallest absolute Gasteiger partial charge is 0.230 e. The van der Waals surface area contributed by atoms with Crippen molar-refractivity contribution in [3.05, 3.63) is 121 Å². The normalized spacial score (nSPS) is 12.7. The van der Waals surface area contributed by atoms with Gasteiger partial charge in [0.25, 0.3) is 0 Å². The summed E-state index contributed by atoms with van der Waals surface area (Å²) in [5, 5.41) is 4.47. The van der Waals surface area contributed by atoms with Gasteiger partial charge in [0, 0.05) is 32.7 Å². The first-order valence-electron chi connectivity index (χ1n) is 13.7. The lowest BCUT2D eigenvalue weighted by molar-refractivity contribution is 0.125. The Bertz CT molecular complexity index is 2300. The van der Waals surface area contributed by atoms with Gasteiger partial charge in [-0.2, -0.15) is 0 Å². The molecule has 0 bridgehead atoms. The second kappa shape index (κ2) is 8.51. The average molecular weight is 531 g/mol. The maximum absolute atomic E-state index is 6.17. The standard InChI is InChI=1S/C37H22O4/c1-3-7-34-26(5-1)28-13-9-25(20-37(28)41-34)24-11-15-33-31(19-24)30-18-22(10-14-32(30)38-21-39-33)23-12-16-36-29(17-23)27-6-2-4-8-35(27)40-36/h1-20H,21H2. The van der Waals surface area contributed by atoms with E-state index in [0.717, 1.165) is 88.8 Å². The minimum Gasteiger partial charge on any atom is -0.457 e. The first-order valence-corrected chi connectivity index (χ1v) is 13.7. The van der Waals surface area contributed by atoms with E-state index in [2.05, 4.69) is 72.8 Å². The summed E-state index contributed by atoms with van der Waals surface area (Å²) in [6.45, 7) is 0.163. The van der Waals surface area contributed by atoms with Gasteiger partial charge in [-0.05, 0) is 82.9 Å². The highest BCUT2D eigenvalue weighted by atomic mass is 16.7. The summed E-state index contributed by atoms with van der Waals surface area (Å²) < 4.78 is 24.3. The fourth-order valence-electron chi connectivity index (χ4n) is 6.06. The second-order valence-electron chi connectivity index (χ2n) is 10.4. The molecule has 3 heterocycles. The monoisotopic (exact) mass is 530 g/mol. The fraction of sp³-hybridized carbons (Fsp3) is 0.0270. The van der Waals surface area contributed by atoms with Crippen LogP contribution < -0.4 is 9.47 Å². The van der Waals surface area contributed by atoms with Gasteiger partial charge in [0.15, 0.2) is 0 Å². The van der Waals surface area contributed by atoms with Gasteiger partial charge in [-0.25, -0.2) is 0 Å². The molecule has 41 heavy (non-hydrogen) atoms. The van der Waals surface area contributed by atoms with E-state index in [1.54, 1.807) is 0 Å². The lowest BCUT2D eigenvalue weighted by Crippen LogP contribution is -2.03. The summed E-state index contributed by atoms with van der Waals surface area (Å²) in [7, 11) is 0. The van der Waals surface area contributed by atoms with Gasteiger partial charge in [-0.3, -0.25) is 0 Å². The van der Waals surface area contributed by atoms with Gasteiger partial charge >= 0.3 is 0 Å². The minimum absolute atomic E-state index is 0.163. The van der Waals surface area contributed by atoms with Crippen LogP contribution in [0.25, 0.3) is 77.3 Å². The van der Waals surface area contributed by atoms with E-state index in [9.17, 15) is 0 Å². The molecule has 8 aromatic rings. The molecule has 2 aromatic heterocycles. The number of para-hydroxylation sites is 2. The van der Waals surface area contributed by atoms with Crippen LogP contribution in [0.3, 0.4) is 0 Å². The molecule has 4 nitrogen and oxygen atoms in total. The Morgan fingerprint density at radius 1 is 0.366 bits per heavy atom. The van der Waals surface area contributed by atoms with Crippen LogP contribution in [0.15, 0.2) is 130 Å². The quantitative estimate of drug-likeness (QED) is 0.223. The first-order chi connectivity index (χ1) is 20.3. The Hall–Kier alpha value is -5.48. The third-order valence-corrected chi connectivity index (χ3v) is 8.10. The topological polar surface area (TPSA) is 44.7 Å². The van der Waals surface area contributed by atoms with E-state index in [1.807, 2.05) is 48.5 Å². The lowest BCUT2D eigenvalue weighted by atomic mass is 9.94. The summed E-state index contributed by atoms with van der Waals surface area (Å²) in [5.41, 5.74) is 9.94. The molecule has 0 amide bonds. The minimum atomic E-state index is 0.163. The van der Waals surface area contributed by atoms with Crippen LogP contribution in [0.4, 0.5) is 0 Å². The van der Waals surface area contributed by atoms with E-state index < -0.39 is 0 Å². The van der Waals surface area contributed by atoms with Crippen LogP contribution in [0.5, 0.6) is 11.5 Å². The number of benzene rings is 6. The van der Waals surface area contributed by atoms with Gasteiger partial charge in [0.05, 0.1) is 0 Å². The van der Waals surface area contributed by atoms with Crippen LogP contribution >= 0.6 is 0 Å². The van der Waals surface area contributed by atoms with Crippen molar-refractivity contribution in [3.63, 3.8) is 0 Å². The van der Waals surface area contributed by atoms with E-state index in [1.165, 1.54) is 0 Å². The average Bonchev–Trinajstić information content (AvgIpc) is 3.52. The number of furan rings is 2. The first kappa shape index (κ1) is 22.3. The summed E-state index contributed by atoms with van der Waals surface area (Å²) in [6.07, 6.45) is 0. The van der Waals surface area contributed by atoms with Crippen LogP contribution in [0.1, 0.15) is 0 Å². The molecule has 0 unspecified atom stereocenters. The van der Waals surface area contributed by atoms with Crippen molar-refractivity contribution < 1.29 is 18.3 Å². The zero-order valence-corrected chi connectivity index (χ0v) is 21.9. The molecule has 0 radical (unpaired) electrons. The van der Waals surface area contributed by atoms with Crippen LogP contribution in [0.2, 0.25) is 0 Å². The Kier molecular flexibility index (Phi) is 4.64. The van der Waals surface area contributed by atoms with E-state index in [-0.39, 0.29) is 6.79 Å². The maximum Gasteiger partial charge on any atom is 0.230 e. The number of fused-ring (bicyclic) bond motifs is 9. The molecule has 0 saturated carbocycles. The predicted molar refractivity (Wildman–Crippen MR) is 163 cm³/mol. The summed E-state index contributed by atoms with van der Waals surface area (Å²) >= 11 is 0. The van der Waals surface area contributed by atoms with E-state index in [0.29, 0.717) is 0 Å². The van der Waals surface area contributed by atoms with Crippen molar-refractivity contribution in [2.45, 2.75) is 0 Å². The zero-order valence-electron chi connectivity index (χ0n) is 21.9. The number of rotatable bonds is 2. The largest absolute Gasteiger partial charge is 0.457 e. The summed E-state index contributed by atoms with van der Waals surface area (Å²) in [5.74, 6) is 1.60. The Balaban J connectivity index is 1.17. The predicted octanol–water partition coefficient (Wildman–Crippen LogP) is 10.2. The molecule has 194 valence electrons. The molecule has 0 aliphatic carbocycles. The number of ether oxygens (including phenoxy) is 2. The molecule has 0 fully saturated rings. The molecule has 0 spiro atoms. The Morgan fingerprint density at radius 2 is 0.854 bits per heavy atom. The van der Waals surface area contributed by atoms with Gasteiger partial charge < -0.3 is 18.3 Å². The lowest BCUT2D eigenvalue weighted by Gasteiger charge is -2.12. The van der Waals surface area contributed by atoms with Crippen molar-refractivity contribution in [1.82, 2.24) is 0 Å². The Labute approximate surface area is 235 Å². The summed E-state index contributed by atoms with van der Waals surface area (Å²) in [4.78, 5) is 0. The van der Waals surface area contributed by atoms with Crippen molar-refractivity contribution >= 4 is 43.9 Å². The molecular weight excluding hydrogens is 508 g/mol. The van der Waals surface area contributed by atoms with Crippen LogP contribution in [0, 0.1) is 0 Å². The molecule has 1 aliphatic heterocycles. The third-order valence-electron chi connectivity index (χ3n) is 8.10. The number of hydrogen-bond acceptors (Lipinski definition) is 4. The highest BCUT2D eigenvalue weighted by Crippen LogP contribution is 2.44. The molecule has 0 saturated heterocycles. The zero-order chi connectivity index (χ0) is 26.9. The van der Waals surface area contributed by atoms with E-state index in [4.69, 9.17) is 18.3 Å². The SMILES string of the molecule is c1ccc2c(c1)oc1cc(-c3ccc4c(c3)-c3cc(-c5ccc6oc7ccccc7c6c5)ccc3OCO4)ccc12. The Morgan fingerprint density at radius 3 is 1.56 bits per heavy atom. The van der Waals surface area contributed by atoms with Crippen LogP contribution in [-0.2, 0) is 0 Å². The molecule has 0 atom stereocenters. The molecule has 9 rings (SSSR count). The summed E-state index contributed by atoms with van der Waals surface area (Å²) in [6, 6.07) is 41.7.